The van der Waals surface area contributed by atoms with Crippen molar-refractivity contribution in [2.75, 3.05) is 13.2 Å². The van der Waals surface area contributed by atoms with Crippen molar-refractivity contribution in [3.05, 3.63) is 0 Å². The molecule has 0 bridgehead atoms. The summed E-state index contributed by atoms with van der Waals surface area (Å²) in [6.45, 7) is 19.9. The Kier molecular flexibility index (Phi) is 9.89. The third-order valence-electron chi connectivity index (χ3n) is 6.14. The molecule has 2 aliphatic rings. The minimum absolute atomic E-state index is 0.0278. The Balaban J connectivity index is 0.000000240. The van der Waals surface area contributed by atoms with Crippen LogP contribution in [0.4, 0.5) is 0 Å². The van der Waals surface area contributed by atoms with Gasteiger partial charge < -0.3 is 9.47 Å². The quantitative estimate of drug-likeness (QED) is 0.590. The minimum atomic E-state index is 0.0278. The Morgan fingerprint density at radius 1 is 0.500 bits per heavy atom. The van der Waals surface area contributed by atoms with Gasteiger partial charge in [0.15, 0.2) is 6.29 Å². The molecule has 1 saturated heterocycles. The van der Waals surface area contributed by atoms with Gasteiger partial charge in [-0.15, -0.1) is 0 Å². The Hall–Kier alpha value is -0.0800. The lowest BCUT2D eigenvalue weighted by Crippen LogP contribution is -2.37. The molecule has 2 fully saturated rings. The van der Waals surface area contributed by atoms with Gasteiger partial charge in [0, 0.05) is 11.8 Å². The molecule has 1 saturated carbocycles. The second kappa shape index (κ2) is 10.8. The van der Waals surface area contributed by atoms with E-state index in [0.29, 0.717) is 17.8 Å². The van der Waals surface area contributed by atoms with Crippen molar-refractivity contribution < 1.29 is 9.47 Å². The molecule has 0 N–H and O–H groups in total. The fraction of sp³-hybridized carbons (Fsp3) is 1.00. The summed E-state index contributed by atoms with van der Waals surface area (Å²) < 4.78 is 11.2. The molecule has 2 nitrogen and oxygen atoms in total. The van der Waals surface area contributed by atoms with Crippen LogP contribution in [-0.4, -0.2) is 19.5 Å². The highest BCUT2D eigenvalue weighted by atomic mass is 16.7. The van der Waals surface area contributed by atoms with Crippen LogP contribution < -0.4 is 0 Å². The van der Waals surface area contributed by atoms with E-state index in [0.717, 1.165) is 36.9 Å². The molecule has 1 aliphatic heterocycles. The summed E-state index contributed by atoms with van der Waals surface area (Å²) >= 11 is 0. The fourth-order valence-electron chi connectivity index (χ4n) is 3.78. The Morgan fingerprint density at radius 2 is 0.833 bits per heavy atom. The van der Waals surface area contributed by atoms with Gasteiger partial charge in [-0.25, -0.2) is 0 Å². The van der Waals surface area contributed by atoms with E-state index < -0.39 is 0 Å². The Bertz CT molecular complexity index is 242. The Labute approximate surface area is 152 Å². The number of hydrogen-bond acceptors (Lipinski definition) is 2. The number of rotatable bonds is 4. The molecule has 1 heterocycles. The zero-order chi connectivity index (χ0) is 18.3. The van der Waals surface area contributed by atoms with Gasteiger partial charge in [0.25, 0.3) is 0 Å². The van der Waals surface area contributed by atoms with Gasteiger partial charge in [0.1, 0.15) is 0 Å². The summed E-state index contributed by atoms with van der Waals surface area (Å²) in [5.41, 5.74) is 0. The maximum Gasteiger partial charge on any atom is 0.159 e. The van der Waals surface area contributed by atoms with Crippen molar-refractivity contribution in [2.45, 2.75) is 87.4 Å². The van der Waals surface area contributed by atoms with E-state index in [2.05, 4.69) is 55.4 Å². The lowest BCUT2D eigenvalue weighted by molar-refractivity contribution is -0.224. The van der Waals surface area contributed by atoms with Gasteiger partial charge in [0.2, 0.25) is 0 Å². The number of ether oxygens (including phenoxy) is 2. The summed E-state index contributed by atoms with van der Waals surface area (Å²) in [6.07, 6.45) is 5.97. The van der Waals surface area contributed by atoms with Gasteiger partial charge >= 0.3 is 0 Å². The molecular weight excluding hydrogens is 296 g/mol. The van der Waals surface area contributed by atoms with Crippen molar-refractivity contribution in [3.63, 3.8) is 0 Å². The van der Waals surface area contributed by atoms with E-state index in [1.54, 1.807) is 0 Å². The van der Waals surface area contributed by atoms with Gasteiger partial charge in [-0.05, 0) is 55.3 Å². The molecule has 1 aliphatic carbocycles. The normalized spacial score (nSPS) is 31.5. The first-order valence-corrected chi connectivity index (χ1v) is 10.5. The van der Waals surface area contributed by atoms with Crippen molar-refractivity contribution in [1.29, 1.82) is 0 Å². The summed E-state index contributed by atoms with van der Waals surface area (Å²) in [5, 5.41) is 0. The van der Waals surface area contributed by atoms with Crippen LogP contribution in [0.25, 0.3) is 0 Å². The van der Waals surface area contributed by atoms with Crippen LogP contribution in [0.5, 0.6) is 0 Å². The van der Waals surface area contributed by atoms with E-state index in [1.165, 1.54) is 25.7 Å². The first-order valence-electron chi connectivity index (χ1n) is 10.5. The largest absolute Gasteiger partial charge is 0.352 e. The molecule has 2 rings (SSSR count). The molecule has 0 spiro atoms. The zero-order valence-corrected chi connectivity index (χ0v) is 17.7. The average Bonchev–Trinajstić information content (AvgIpc) is 2.55. The monoisotopic (exact) mass is 340 g/mol. The standard InChI is InChI=1S/C12H24.C10H20O2/c1-9(2)11-5-7-12(8-6-11)10(3)4;1-7(2)9-5-11-10(8(3)4)12-6-9/h9-12H,5-8H2,1-4H3;7-10H,5-6H2,1-4H3. The molecule has 0 aromatic rings. The minimum Gasteiger partial charge on any atom is -0.352 e. The third kappa shape index (κ3) is 7.44. The lowest BCUT2D eigenvalue weighted by atomic mass is 9.73. The molecule has 0 amide bonds. The van der Waals surface area contributed by atoms with Crippen LogP contribution in [0.1, 0.15) is 81.1 Å². The van der Waals surface area contributed by atoms with Gasteiger partial charge in [-0.3, -0.25) is 0 Å². The third-order valence-corrected chi connectivity index (χ3v) is 6.14. The van der Waals surface area contributed by atoms with Gasteiger partial charge in [0.05, 0.1) is 13.2 Å². The van der Waals surface area contributed by atoms with E-state index in [4.69, 9.17) is 9.47 Å². The smallest absolute Gasteiger partial charge is 0.159 e. The van der Waals surface area contributed by atoms with Crippen LogP contribution in [0, 0.1) is 41.4 Å². The Morgan fingerprint density at radius 3 is 1.08 bits per heavy atom. The lowest BCUT2D eigenvalue weighted by Gasteiger charge is -2.33. The SMILES string of the molecule is CC(C)C1CCC(C(C)C)CC1.CC(C)C1COC(C(C)C)OC1. The molecule has 144 valence electrons. The van der Waals surface area contributed by atoms with Gasteiger partial charge in [-0.2, -0.15) is 0 Å². The van der Waals surface area contributed by atoms with E-state index in [9.17, 15) is 0 Å². The first-order chi connectivity index (χ1) is 11.2. The van der Waals surface area contributed by atoms with Crippen molar-refractivity contribution in [2.24, 2.45) is 41.4 Å². The molecule has 0 radical (unpaired) electrons. The highest BCUT2D eigenvalue weighted by Gasteiger charge is 2.26. The fourth-order valence-corrected chi connectivity index (χ4v) is 3.78. The molecular formula is C22H44O2. The summed E-state index contributed by atoms with van der Waals surface area (Å²) in [4.78, 5) is 0. The first kappa shape index (κ1) is 22.0. The van der Waals surface area contributed by atoms with Crippen molar-refractivity contribution in [3.8, 4) is 0 Å². The van der Waals surface area contributed by atoms with E-state index in [-0.39, 0.29) is 6.29 Å². The maximum atomic E-state index is 5.59. The summed E-state index contributed by atoms with van der Waals surface area (Å²) in [6, 6.07) is 0. The second-order valence-electron chi connectivity index (χ2n) is 9.45. The van der Waals surface area contributed by atoms with Crippen molar-refractivity contribution in [1.82, 2.24) is 0 Å². The topological polar surface area (TPSA) is 18.5 Å². The van der Waals surface area contributed by atoms with Crippen LogP contribution in [-0.2, 0) is 9.47 Å². The van der Waals surface area contributed by atoms with E-state index >= 15 is 0 Å². The molecule has 0 aromatic carbocycles. The van der Waals surface area contributed by atoms with Crippen LogP contribution >= 0.6 is 0 Å². The molecule has 0 atom stereocenters. The van der Waals surface area contributed by atoms with Crippen molar-refractivity contribution >= 4 is 0 Å². The average molecular weight is 341 g/mol. The van der Waals surface area contributed by atoms with Crippen LogP contribution in [0.2, 0.25) is 0 Å². The maximum absolute atomic E-state index is 5.59. The second-order valence-corrected chi connectivity index (χ2v) is 9.45. The summed E-state index contributed by atoms with van der Waals surface area (Å²) in [5.74, 6) is 5.60. The highest BCUT2D eigenvalue weighted by Crippen LogP contribution is 2.36. The van der Waals surface area contributed by atoms with Crippen LogP contribution in [0.3, 0.4) is 0 Å². The van der Waals surface area contributed by atoms with Crippen LogP contribution in [0.15, 0.2) is 0 Å². The van der Waals surface area contributed by atoms with E-state index in [1.807, 2.05) is 0 Å². The molecule has 2 heteroatoms. The summed E-state index contributed by atoms with van der Waals surface area (Å²) in [7, 11) is 0. The highest BCUT2D eigenvalue weighted by molar-refractivity contribution is 4.75. The number of hydrogen-bond donors (Lipinski definition) is 0. The predicted molar refractivity (Wildman–Crippen MR) is 104 cm³/mol. The zero-order valence-electron chi connectivity index (χ0n) is 17.7. The molecule has 24 heavy (non-hydrogen) atoms. The van der Waals surface area contributed by atoms with Gasteiger partial charge in [-0.1, -0.05) is 55.4 Å². The molecule has 0 unspecified atom stereocenters. The molecule has 0 aromatic heterocycles. The predicted octanol–water partition coefficient (Wildman–Crippen LogP) is 6.39.